The molecule has 0 atom stereocenters. The molecule has 6 nitrogen and oxygen atoms in total. The average Bonchev–Trinajstić information content (AvgIpc) is 2.91. The summed E-state index contributed by atoms with van der Waals surface area (Å²) >= 11 is 5.92. The molecule has 9 heteroatoms. The van der Waals surface area contributed by atoms with E-state index < -0.39 is 17.5 Å². The highest BCUT2D eigenvalue weighted by Crippen LogP contribution is 2.18. The van der Waals surface area contributed by atoms with Gasteiger partial charge in [0, 0.05) is 11.1 Å². The zero-order valence-corrected chi connectivity index (χ0v) is 13.5. The van der Waals surface area contributed by atoms with Crippen molar-refractivity contribution in [3.63, 3.8) is 0 Å². The first kappa shape index (κ1) is 16.8. The standard InChI is InChI=1S/C16H12ClF2N5O/c17-10-3-1-2-9(6-10)8-24-15(20)14(22-23-24)16(25)21-13-5-4-11(18)7-12(13)19/h1-7H,8,20H2,(H,21,25). The highest BCUT2D eigenvalue weighted by molar-refractivity contribution is 6.30. The lowest BCUT2D eigenvalue weighted by molar-refractivity contribution is 0.102. The number of nitrogen functional groups attached to an aromatic ring is 1. The van der Waals surface area contributed by atoms with Gasteiger partial charge >= 0.3 is 0 Å². The van der Waals surface area contributed by atoms with Gasteiger partial charge < -0.3 is 11.1 Å². The molecule has 0 spiro atoms. The molecule has 0 bridgehead atoms. The lowest BCUT2D eigenvalue weighted by atomic mass is 10.2. The van der Waals surface area contributed by atoms with Crippen LogP contribution in [0.2, 0.25) is 5.02 Å². The van der Waals surface area contributed by atoms with E-state index in [4.69, 9.17) is 17.3 Å². The van der Waals surface area contributed by atoms with Crippen molar-refractivity contribution in [2.24, 2.45) is 0 Å². The van der Waals surface area contributed by atoms with Crippen molar-refractivity contribution in [3.8, 4) is 0 Å². The molecule has 0 radical (unpaired) electrons. The number of nitrogens with two attached hydrogens (primary N) is 1. The van der Waals surface area contributed by atoms with Gasteiger partial charge in [-0.15, -0.1) is 5.10 Å². The minimum atomic E-state index is -0.904. The Morgan fingerprint density at radius 2 is 2.04 bits per heavy atom. The number of carbonyl (C=O) groups is 1. The van der Waals surface area contributed by atoms with Gasteiger partial charge in [-0.3, -0.25) is 4.79 Å². The Labute approximate surface area is 146 Å². The fraction of sp³-hybridized carbons (Fsp3) is 0.0625. The van der Waals surface area contributed by atoms with Crippen LogP contribution in [0.5, 0.6) is 0 Å². The van der Waals surface area contributed by atoms with Gasteiger partial charge in [0.15, 0.2) is 11.5 Å². The number of hydrogen-bond donors (Lipinski definition) is 2. The van der Waals surface area contributed by atoms with Crippen molar-refractivity contribution in [1.29, 1.82) is 0 Å². The smallest absolute Gasteiger partial charge is 0.280 e. The molecule has 0 aliphatic carbocycles. The van der Waals surface area contributed by atoms with Crippen LogP contribution in [0.15, 0.2) is 42.5 Å². The number of halogens is 3. The van der Waals surface area contributed by atoms with Crippen molar-refractivity contribution < 1.29 is 13.6 Å². The molecule has 0 saturated heterocycles. The zero-order valence-electron chi connectivity index (χ0n) is 12.7. The Morgan fingerprint density at radius 3 is 2.76 bits per heavy atom. The van der Waals surface area contributed by atoms with Gasteiger partial charge in [0.05, 0.1) is 12.2 Å². The van der Waals surface area contributed by atoms with Gasteiger partial charge in [-0.2, -0.15) is 0 Å². The summed E-state index contributed by atoms with van der Waals surface area (Å²) in [4.78, 5) is 12.2. The number of anilines is 2. The van der Waals surface area contributed by atoms with Gasteiger partial charge in [-0.05, 0) is 29.8 Å². The molecular weight excluding hydrogens is 352 g/mol. The SMILES string of the molecule is Nc1c(C(=O)Nc2ccc(F)cc2F)nnn1Cc1cccc(Cl)c1. The molecule has 3 aromatic rings. The van der Waals surface area contributed by atoms with Crippen LogP contribution in [0.1, 0.15) is 16.1 Å². The van der Waals surface area contributed by atoms with E-state index in [1.807, 2.05) is 6.07 Å². The van der Waals surface area contributed by atoms with Crippen molar-refractivity contribution in [2.45, 2.75) is 6.54 Å². The third-order valence-electron chi connectivity index (χ3n) is 3.39. The Bertz CT molecular complexity index is 944. The Balaban J connectivity index is 1.79. The topological polar surface area (TPSA) is 85.8 Å². The molecule has 0 fully saturated rings. The molecule has 0 saturated carbocycles. The summed E-state index contributed by atoms with van der Waals surface area (Å²) in [6.45, 7) is 0.261. The first-order valence-electron chi connectivity index (χ1n) is 7.14. The summed E-state index contributed by atoms with van der Waals surface area (Å²) in [6, 6.07) is 9.85. The van der Waals surface area contributed by atoms with Crippen LogP contribution in [0.4, 0.5) is 20.3 Å². The number of benzene rings is 2. The maximum atomic E-state index is 13.6. The van der Waals surface area contributed by atoms with E-state index in [0.29, 0.717) is 11.1 Å². The van der Waals surface area contributed by atoms with Crippen LogP contribution in [-0.2, 0) is 6.54 Å². The minimum absolute atomic E-state index is 0.0139. The summed E-state index contributed by atoms with van der Waals surface area (Å²) in [6.07, 6.45) is 0. The summed E-state index contributed by atoms with van der Waals surface area (Å²) in [7, 11) is 0. The largest absolute Gasteiger partial charge is 0.382 e. The number of amides is 1. The van der Waals surface area contributed by atoms with Crippen molar-refractivity contribution in [1.82, 2.24) is 15.0 Å². The van der Waals surface area contributed by atoms with Gasteiger partial charge in [0.25, 0.3) is 5.91 Å². The first-order chi connectivity index (χ1) is 11.9. The van der Waals surface area contributed by atoms with Crippen LogP contribution in [0, 0.1) is 11.6 Å². The molecule has 1 heterocycles. The number of nitrogens with one attached hydrogen (secondary N) is 1. The van der Waals surface area contributed by atoms with E-state index in [9.17, 15) is 13.6 Å². The van der Waals surface area contributed by atoms with Crippen LogP contribution in [0.3, 0.4) is 0 Å². The molecule has 0 aliphatic rings. The van der Waals surface area contributed by atoms with E-state index in [1.54, 1.807) is 18.2 Å². The van der Waals surface area contributed by atoms with Crippen molar-refractivity contribution >= 4 is 29.0 Å². The molecular formula is C16H12ClF2N5O. The van der Waals surface area contributed by atoms with Crippen molar-refractivity contribution in [3.05, 3.63) is 70.4 Å². The van der Waals surface area contributed by atoms with Gasteiger partial charge in [-0.1, -0.05) is 28.9 Å². The number of rotatable bonds is 4. The van der Waals surface area contributed by atoms with Crippen molar-refractivity contribution in [2.75, 3.05) is 11.1 Å². The quantitative estimate of drug-likeness (QED) is 0.745. The maximum Gasteiger partial charge on any atom is 0.280 e. The summed E-state index contributed by atoms with van der Waals surface area (Å²) in [5.74, 6) is -2.39. The van der Waals surface area contributed by atoms with E-state index in [1.165, 1.54) is 4.68 Å². The monoisotopic (exact) mass is 363 g/mol. The number of hydrogen-bond acceptors (Lipinski definition) is 4. The maximum absolute atomic E-state index is 13.6. The first-order valence-corrected chi connectivity index (χ1v) is 7.51. The third kappa shape index (κ3) is 3.74. The molecule has 1 aromatic heterocycles. The summed E-state index contributed by atoms with van der Waals surface area (Å²) < 4.78 is 27.8. The molecule has 1 amide bonds. The average molecular weight is 364 g/mol. The van der Waals surface area contributed by atoms with Crippen LogP contribution < -0.4 is 11.1 Å². The second-order valence-electron chi connectivity index (χ2n) is 5.19. The fourth-order valence-electron chi connectivity index (χ4n) is 2.18. The van der Waals surface area contributed by atoms with Crippen LogP contribution >= 0.6 is 11.6 Å². The van der Waals surface area contributed by atoms with Crippen LogP contribution in [-0.4, -0.2) is 20.9 Å². The highest BCUT2D eigenvalue weighted by atomic mass is 35.5. The van der Waals surface area contributed by atoms with E-state index >= 15 is 0 Å². The second kappa shape index (κ2) is 6.86. The summed E-state index contributed by atoms with van der Waals surface area (Å²) in [5, 5.41) is 10.4. The van der Waals surface area contributed by atoms with E-state index in [2.05, 4.69) is 15.6 Å². The zero-order chi connectivity index (χ0) is 18.0. The molecule has 3 N–H and O–H groups in total. The number of nitrogens with zero attached hydrogens (tertiary/aromatic N) is 3. The third-order valence-corrected chi connectivity index (χ3v) is 3.62. The summed E-state index contributed by atoms with van der Waals surface area (Å²) in [5.41, 5.74) is 6.37. The Hall–Kier alpha value is -3.00. The lowest BCUT2D eigenvalue weighted by Gasteiger charge is -2.06. The van der Waals surface area contributed by atoms with E-state index in [-0.39, 0.29) is 23.7 Å². The Kier molecular flexibility index (Phi) is 4.62. The lowest BCUT2D eigenvalue weighted by Crippen LogP contribution is -2.16. The number of aromatic nitrogens is 3. The van der Waals surface area contributed by atoms with Gasteiger partial charge in [0.2, 0.25) is 0 Å². The highest BCUT2D eigenvalue weighted by Gasteiger charge is 2.19. The van der Waals surface area contributed by atoms with Crippen LogP contribution in [0.25, 0.3) is 0 Å². The normalized spacial score (nSPS) is 10.7. The number of carbonyl (C=O) groups excluding carboxylic acids is 1. The van der Waals surface area contributed by atoms with E-state index in [0.717, 1.165) is 17.7 Å². The molecule has 0 aliphatic heterocycles. The molecule has 25 heavy (non-hydrogen) atoms. The molecule has 2 aromatic carbocycles. The molecule has 3 rings (SSSR count). The predicted molar refractivity (Wildman–Crippen MR) is 89.3 cm³/mol. The second-order valence-corrected chi connectivity index (χ2v) is 5.63. The Morgan fingerprint density at radius 1 is 1.24 bits per heavy atom. The fourth-order valence-corrected chi connectivity index (χ4v) is 2.39. The predicted octanol–water partition coefficient (Wildman–Crippen LogP) is 3.09. The van der Waals surface area contributed by atoms with Gasteiger partial charge in [0.1, 0.15) is 11.6 Å². The van der Waals surface area contributed by atoms with Gasteiger partial charge in [-0.25, -0.2) is 13.5 Å². The molecule has 128 valence electrons. The minimum Gasteiger partial charge on any atom is -0.382 e. The molecule has 0 unspecified atom stereocenters.